The number of hydrogen-bond donors (Lipinski definition) is 2. The molecule has 0 unspecified atom stereocenters. The van der Waals surface area contributed by atoms with Gasteiger partial charge in [0.05, 0.1) is 5.60 Å². The van der Waals surface area contributed by atoms with Crippen LogP contribution in [0.3, 0.4) is 0 Å². The fourth-order valence-corrected chi connectivity index (χ4v) is 0.671. The summed E-state index contributed by atoms with van der Waals surface area (Å²) in [6.07, 6.45) is 1.76. The van der Waals surface area contributed by atoms with E-state index in [2.05, 4.69) is 10.2 Å². The lowest BCUT2D eigenvalue weighted by atomic mass is 9.95. The van der Waals surface area contributed by atoms with Gasteiger partial charge in [-0.1, -0.05) is 13.8 Å². The second-order valence-corrected chi connectivity index (χ2v) is 4.30. The zero-order chi connectivity index (χ0) is 11.2. The van der Waals surface area contributed by atoms with Gasteiger partial charge in [0.2, 0.25) is 5.91 Å². The molecule has 1 fully saturated rings. The van der Waals surface area contributed by atoms with E-state index < -0.39 is 5.60 Å². The third-order valence-electron chi connectivity index (χ3n) is 2.53. The van der Waals surface area contributed by atoms with Crippen LogP contribution < -0.4 is 5.32 Å². The van der Waals surface area contributed by atoms with E-state index in [1.54, 1.807) is 0 Å². The van der Waals surface area contributed by atoms with Gasteiger partial charge in [-0.05, 0) is 26.2 Å². The standard InChI is InChI=1S/C6H14O2.C4H7NO/c1-5(2)6(3,4)8-7;6-4-2-1-3-5-4/h5,7H,1-4H3;1-3H2,(H,5,6). The van der Waals surface area contributed by atoms with Crippen LogP contribution in [0.1, 0.15) is 40.5 Å². The summed E-state index contributed by atoms with van der Waals surface area (Å²) < 4.78 is 0. The number of carbonyl (C=O) groups is 1. The van der Waals surface area contributed by atoms with Crippen molar-refractivity contribution in [1.29, 1.82) is 0 Å². The highest BCUT2D eigenvalue weighted by Gasteiger charge is 2.22. The summed E-state index contributed by atoms with van der Waals surface area (Å²) in [6.45, 7) is 8.57. The Hall–Kier alpha value is -0.610. The molecule has 0 spiro atoms. The van der Waals surface area contributed by atoms with E-state index in [0.717, 1.165) is 19.4 Å². The minimum absolute atomic E-state index is 0.204. The Labute approximate surface area is 85.6 Å². The van der Waals surface area contributed by atoms with Crippen molar-refractivity contribution in [2.45, 2.75) is 46.1 Å². The van der Waals surface area contributed by atoms with Crippen LogP contribution in [0, 0.1) is 5.92 Å². The van der Waals surface area contributed by atoms with E-state index in [-0.39, 0.29) is 5.91 Å². The first-order valence-corrected chi connectivity index (χ1v) is 4.99. The zero-order valence-electron chi connectivity index (χ0n) is 9.46. The summed E-state index contributed by atoms with van der Waals surface area (Å²) in [4.78, 5) is 14.3. The van der Waals surface area contributed by atoms with Crippen molar-refractivity contribution in [2.75, 3.05) is 6.54 Å². The molecule has 0 aromatic heterocycles. The maximum atomic E-state index is 10.1. The molecule has 14 heavy (non-hydrogen) atoms. The van der Waals surface area contributed by atoms with Crippen molar-refractivity contribution in [3.63, 3.8) is 0 Å². The molecule has 1 amide bonds. The number of amides is 1. The third-order valence-corrected chi connectivity index (χ3v) is 2.53. The van der Waals surface area contributed by atoms with Crippen LogP contribution in [0.4, 0.5) is 0 Å². The van der Waals surface area contributed by atoms with Crippen molar-refractivity contribution >= 4 is 5.91 Å². The van der Waals surface area contributed by atoms with Gasteiger partial charge in [-0.25, -0.2) is 4.89 Å². The largest absolute Gasteiger partial charge is 0.356 e. The molecule has 0 saturated carbocycles. The van der Waals surface area contributed by atoms with E-state index in [9.17, 15) is 4.79 Å². The highest BCUT2D eigenvalue weighted by atomic mass is 17.1. The molecule has 2 N–H and O–H groups in total. The molecule has 4 heteroatoms. The Kier molecular flexibility index (Phi) is 5.72. The van der Waals surface area contributed by atoms with Gasteiger partial charge in [0.25, 0.3) is 0 Å². The molecule has 1 aliphatic rings. The SMILES string of the molecule is CC(C)C(C)(C)OO.O=C1CCCN1. The first kappa shape index (κ1) is 13.4. The first-order valence-electron chi connectivity index (χ1n) is 4.99. The summed E-state index contributed by atoms with van der Waals surface area (Å²) in [7, 11) is 0. The van der Waals surface area contributed by atoms with Crippen LogP contribution in [-0.4, -0.2) is 23.3 Å². The molecule has 4 nitrogen and oxygen atoms in total. The lowest BCUT2D eigenvalue weighted by Gasteiger charge is -2.24. The van der Waals surface area contributed by atoms with Crippen LogP contribution in [-0.2, 0) is 9.68 Å². The molecule has 1 rings (SSSR count). The highest BCUT2D eigenvalue weighted by molar-refractivity contribution is 5.77. The Morgan fingerprint density at radius 3 is 2.14 bits per heavy atom. The van der Waals surface area contributed by atoms with Gasteiger partial charge in [-0.3, -0.25) is 10.1 Å². The number of carbonyl (C=O) groups excluding carboxylic acids is 1. The smallest absolute Gasteiger partial charge is 0.220 e. The minimum Gasteiger partial charge on any atom is -0.356 e. The quantitative estimate of drug-likeness (QED) is 0.531. The third kappa shape index (κ3) is 5.19. The summed E-state index contributed by atoms with van der Waals surface area (Å²) in [5.41, 5.74) is -0.403. The van der Waals surface area contributed by atoms with Gasteiger partial charge in [-0.15, -0.1) is 0 Å². The Morgan fingerprint density at radius 2 is 2.07 bits per heavy atom. The highest BCUT2D eigenvalue weighted by Crippen LogP contribution is 2.17. The van der Waals surface area contributed by atoms with Gasteiger partial charge in [0.1, 0.15) is 0 Å². The topological polar surface area (TPSA) is 58.6 Å². The molecule has 1 heterocycles. The summed E-state index contributed by atoms with van der Waals surface area (Å²) in [5.74, 6) is 0.544. The predicted molar refractivity (Wildman–Crippen MR) is 54.9 cm³/mol. The Morgan fingerprint density at radius 1 is 1.50 bits per heavy atom. The fourth-order valence-electron chi connectivity index (χ4n) is 0.671. The van der Waals surface area contributed by atoms with Gasteiger partial charge in [0.15, 0.2) is 0 Å². The van der Waals surface area contributed by atoms with E-state index >= 15 is 0 Å². The van der Waals surface area contributed by atoms with Gasteiger partial charge < -0.3 is 5.32 Å². The first-order chi connectivity index (χ1) is 6.40. The molecule has 1 saturated heterocycles. The molecule has 0 aromatic rings. The minimum atomic E-state index is -0.403. The Bertz CT molecular complexity index is 170. The van der Waals surface area contributed by atoms with Gasteiger partial charge in [-0.2, -0.15) is 0 Å². The average molecular weight is 203 g/mol. The van der Waals surface area contributed by atoms with Crippen molar-refractivity contribution in [3.05, 3.63) is 0 Å². The molecule has 0 radical (unpaired) electrons. The molecule has 84 valence electrons. The maximum Gasteiger partial charge on any atom is 0.220 e. The molecule has 0 atom stereocenters. The summed E-state index contributed by atoms with van der Waals surface area (Å²) in [6, 6.07) is 0. The van der Waals surface area contributed by atoms with E-state index in [0.29, 0.717) is 5.92 Å². The van der Waals surface area contributed by atoms with Crippen LogP contribution in [0.5, 0.6) is 0 Å². The van der Waals surface area contributed by atoms with Crippen LogP contribution in [0.25, 0.3) is 0 Å². The van der Waals surface area contributed by atoms with Crippen LogP contribution in [0.15, 0.2) is 0 Å². The summed E-state index contributed by atoms with van der Waals surface area (Å²) in [5, 5.41) is 10.9. The number of rotatable bonds is 2. The maximum absolute atomic E-state index is 10.1. The molecule has 1 aliphatic heterocycles. The van der Waals surface area contributed by atoms with E-state index in [1.165, 1.54) is 0 Å². The summed E-state index contributed by atoms with van der Waals surface area (Å²) >= 11 is 0. The lowest BCUT2D eigenvalue weighted by molar-refractivity contribution is -0.323. The van der Waals surface area contributed by atoms with Crippen molar-refractivity contribution in [1.82, 2.24) is 5.32 Å². The van der Waals surface area contributed by atoms with Crippen LogP contribution >= 0.6 is 0 Å². The van der Waals surface area contributed by atoms with Crippen LogP contribution in [0.2, 0.25) is 0 Å². The zero-order valence-corrected chi connectivity index (χ0v) is 9.46. The average Bonchev–Trinajstić information content (AvgIpc) is 2.57. The fraction of sp³-hybridized carbons (Fsp3) is 0.900. The van der Waals surface area contributed by atoms with E-state index in [1.807, 2.05) is 27.7 Å². The second-order valence-electron chi connectivity index (χ2n) is 4.30. The number of hydrogen-bond acceptors (Lipinski definition) is 3. The second kappa shape index (κ2) is 5.98. The van der Waals surface area contributed by atoms with Crippen molar-refractivity contribution in [3.8, 4) is 0 Å². The van der Waals surface area contributed by atoms with E-state index in [4.69, 9.17) is 5.26 Å². The molecule has 0 aromatic carbocycles. The van der Waals surface area contributed by atoms with Crippen molar-refractivity contribution < 1.29 is 14.9 Å². The van der Waals surface area contributed by atoms with Crippen molar-refractivity contribution in [2.24, 2.45) is 5.92 Å². The Balaban J connectivity index is 0.000000249. The number of nitrogens with one attached hydrogen (secondary N) is 1. The monoisotopic (exact) mass is 203 g/mol. The van der Waals surface area contributed by atoms with Gasteiger partial charge >= 0.3 is 0 Å². The molecular weight excluding hydrogens is 182 g/mol. The normalized spacial score (nSPS) is 16.3. The van der Waals surface area contributed by atoms with Gasteiger partial charge in [0, 0.05) is 13.0 Å². The predicted octanol–water partition coefficient (Wildman–Crippen LogP) is 1.81. The molecule has 0 aliphatic carbocycles. The lowest BCUT2D eigenvalue weighted by Crippen LogP contribution is -2.29. The molecular formula is C10H21NO3. The molecule has 0 bridgehead atoms.